The zero-order chi connectivity index (χ0) is 25.9. The zero-order valence-corrected chi connectivity index (χ0v) is 20.5. The molecule has 0 radical (unpaired) electrons. The summed E-state index contributed by atoms with van der Waals surface area (Å²) in [5.41, 5.74) is 9.12. The maximum atomic E-state index is 13.2. The van der Waals surface area contributed by atoms with E-state index >= 15 is 0 Å². The highest BCUT2D eigenvalue weighted by molar-refractivity contribution is 5.94. The molecule has 0 aliphatic rings. The Morgan fingerprint density at radius 3 is 2.14 bits per heavy atom. The van der Waals surface area contributed by atoms with Crippen LogP contribution in [0.25, 0.3) is 0 Å². The SMILES string of the molecule is C[C@H](CC(=O)[C@@H](CCc1ccccc1)NCc1ccc(O)cc1)C(=O)NCc1ccc(C(=N)N)cc1. The summed E-state index contributed by atoms with van der Waals surface area (Å²) in [7, 11) is 0. The molecular weight excluding hydrogens is 452 g/mol. The van der Waals surface area contributed by atoms with E-state index in [9.17, 15) is 14.7 Å². The van der Waals surface area contributed by atoms with E-state index in [1.54, 1.807) is 31.2 Å². The number of phenolic OH excluding ortho intramolecular Hbond substituents is 1. The molecule has 36 heavy (non-hydrogen) atoms. The molecule has 0 aromatic heterocycles. The number of aromatic hydroxyl groups is 1. The van der Waals surface area contributed by atoms with Crippen molar-refractivity contribution in [3.63, 3.8) is 0 Å². The van der Waals surface area contributed by atoms with E-state index in [4.69, 9.17) is 11.1 Å². The molecule has 0 fully saturated rings. The third-order valence-corrected chi connectivity index (χ3v) is 6.13. The number of nitrogen functional groups attached to an aromatic ring is 1. The van der Waals surface area contributed by atoms with Crippen LogP contribution in [0.15, 0.2) is 78.9 Å². The molecule has 7 heteroatoms. The van der Waals surface area contributed by atoms with Crippen molar-refractivity contribution in [3.05, 3.63) is 101 Å². The molecule has 0 saturated carbocycles. The maximum absolute atomic E-state index is 13.2. The lowest BCUT2D eigenvalue weighted by Crippen LogP contribution is -2.39. The van der Waals surface area contributed by atoms with Gasteiger partial charge in [-0.3, -0.25) is 15.0 Å². The first-order valence-corrected chi connectivity index (χ1v) is 12.1. The predicted octanol–water partition coefficient (Wildman–Crippen LogP) is 3.68. The second-order valence-corrected chi connectivity index (χ2v) is 9.02. The molecular formula is C29H34N4O3. The average molecular weight is 487 g/mol. The minimum absolute atomic E-state index is 0.00133. The Balaban J connectivity index is 1.56. The number of amidine groups is 1. The highest BCUT2D eigenvalue weighted by Gasteiger charge is 2.23. The van der Waals surface area contributed by atoms with Gasteiger partial charge in [-0.1, -0.05) is 73.7 Å². The van der Waals surface area contributed by atoms with Crippen LogP contribution in [0.5, 0.6) is 5.75 Å². The van der Waals surface area contributed by atoms with Gasteiger partial charge in [0.2, 0.25) is 5.91 Å². The summed E-state index contributed by atoms with van der Waals surface area (Å²) in [5.74, 6) is -0.454. The van der Waals surface area contributed by atoms with Crippen molar-refractivity contribution in [1.29, 1.82) is 5.41 Å². The van der Waals surface area contributed by atoms with Gasteiger partial charge in [-0.2, -0.15) is 0 Å². The molecule has 0 aliphatic heterocycles. The molecule has 0 unspecified atom stereocenters. The molecule has 6 N–H and O–H groups in total. The quantitative estimate of drug-likeness (QED) is 0.186. The largest absolute Gasteiger partial charge is 0.508 e. The fraction of sp³-hybridized carbons (Fsp3) is 0.276. The second-order valence-electron chi connectivity index (χ2n) is 9.02. The molecule has 3 rings (SSSR count). The molecule has 7 nitrogen and oxygen atoms in total. The lowest BCUT2D eigenvalue weighted by molar-refractivity contribution is -0.129. The van der Waals surface area contributed by atoms with E-state index in [2.05, 4.69) is 10.6 Å². The van der Waals surface area contributed by atoms with Gasteiger partial charge in [-0.25, -0.2) is 0 Å². The number of phenols is 1. The highest BCUT2D eigenvalue weighted by Crippen LogP contribution is 2.14. The average Bonchev–Trinajstić information content (AvgIpc) is 2.89. The minimum Gasteiger partial charge on any atom is -0.508 e. The lowest BCUT2D eigenvalue weighted by Gasteiger charge is -2.20. The first kappa shape index (κ1) is 26.6. The van der Waals surface area contributed by atoms with E-state index in [1.165, 1.54) is 0 Å². The van der Waals surface area contributed by atoms with Crippen LogP contribution in [0.3, 0.4) is 0 Å². The van der Waals surface area contributed by atoms with E-state index in [1.807, 2.05) is 54.6 Å². The Kier molecular flexibility index (Phi) is 9.77. The van der Waals surface area contributed by atoms with Crippen molar-refractivity contribution in [3.8, 4) is 5.75 Å². The molecule has 2 atom stereocenters. The number of carbonyl (C=O) groups excluding carboxylic acids is 2. The van der Waals surface area contributed by atoms with Crippen LogP contribution in [0.4, 0.5) is 0 Å². The fourth-order valence-corrected chi connectivity index (χ4v) is 3.89. The third-order valence-electron chi connectivity index (χ3n) is 6.13. The smallest absolute Gasteiger partial charge is 0.223 e. The van der Waals surface area contributed by atoms with Crippen LogP contribution in [0.2, 0.25) is 0 Å². The van der Waals surface area contributed by atoms with Gasteiger partial charge in [0.15, 0.2) is 5.78 Å². The molecule has 0 heterocycles. The number of hydrogen-bond acceptors (Lipinski definition) is 5. The Labute approximate surface area is 212 Å². The number of nitrogens with two attached hydrogens (primary N) is 1. The molecule has 1 amide bonds. The summed E-state index contributed by atoms with van der Waals surface area (Å²) in [4.78, 5) is 25.9. The van der Waals surface area contributed by atoms with Crippen LogP contribution < -0.4 is 16.4 Å². The number of carbonyl (C=O) groups is 2. The molecule has 0 bridgehead atoms. The van der Waals surface area contributed by atoms with Gasteiger partial charge in [0.1, 0.15) is 11.6 Å². The molecule has 3 aromatic carbocycles. The lowest BCUT2D eigenvalue weighted by atomic mass is 9.95. The summed E-state index contributed by atoms with van der Waals surface area (Å²) in [6.45, 7) is 2.59. The zero-order valence-electron chi connectivity index (χ0n) is 20.5. The van der Waals surface area contributed by atoms with E-state index in [0.717, 1.165) is 23.1 Å². The molecule has 3 aromatic rings. The number of benzene rings is 3. The van der Waals surface area contributed by atoms with E-state index in [-0.39, 0.29) is 29.7 Å². The molecule has 0 aliphatic carbocycles. The van der Waals surface area contributed by atoms with Crippen LogP contribution in [-0.4, -0.2) is 28.7 Å². The van der Waals surface area contributed by atoms with Crippen molar-refractivity contribution >= 4 is 17.5 Å². The summed E-state index contributed by atoms with van der Waals surface area (Å²) in [6, 6.07) is 23.6. The number of rotatable bonds is 13. The minimum atomic E-state index is -0.469. The van der Waals surface area contributed by atoms with Gasteiger partial charge in [-0.15, -0.1) is 0 Å². The van der Waals surface area contributed by atoms with Crippen molar-refractivity contribution in [1.82, 2.24) is 10.6 Å². The highest BCUT2D eigenvalue weighted by atomic mass is 16.3. The monoisotopic (exact) mass is 486 g/mol. The normalized spacial score (nSPS) is 12.5. The summed E-state index contributed by atoms with van der Waals surface area (Å²) < 4.78 is 0. The van der Waals surface area contributed by atoms with Crippen molar-refractivity contribution < 1.29 is 14.7 Å². The van der Waals surface area contributed by atoms with Gasteiger partial charge < -0.3 is 21.5 Å². The van der Waals surface area contributed by atoms with Crippen molar-refractivity contribution in [2.24, 2.45) is 11.7 Å². The molecule has 0 spiro atoms. The van der Waals surface area contributed by atoms with Crippen LogP contribution in [0, 0.1) is 11.3 Å². The Morgan fingerprint density at radius 1 is 0.889 bits per heavy atom. The molecule has 188 valence electrons. The number of Topliss-reactive ketones (excluding diaryl/α,β-unsaturated/α-hetero) is 1. The summed E-state index contributed by atoms with van der Waals surface area (Å²) in [6.07, 6.45) is 1.51. The van der Waals surface area contributed by atoms with Crippen LogP contribution in [-0.2, 0) is 29.1 Å². The number of hydrogen-bond donors (Lipinski definition) is 5. The fourth-order valence-electron chi connectivity index (χ4n) is 3.89. The van der Waals surface area contributed by atoms with Crippen molar-refractivity contribution in [2.45, 2.75) is 45.3 Å². The standard InChI is InChI=1S/C29H34N4O3/c1-20(29(36)33-19-22-7-12-24(13-8-22)28(30)31)17-27(35)26(16-11-21-5-3-2-4-6-21)32-18-23-9-14-25(34)15-10-23/h2-10,12-15,20,26,32,34H,11,16-19H2,1H3,(H3,30,31)(H,33,36)/t20-,26-/m1/s1. The van der Waals surface area contributed by atoms with Gasteiger partial charge in [0.05, 0.1) is 6.04 Å². The maximum Gasteiger partial charge on any atom is 0.223 e. The number of ketones is 1. The summed E-state index contributed by atoms with van der Waals surface area (Å²) >= 11 is 0. The number of aryl methyl sites for hydroxylation is 1. The van der Waals surface area contributed by atoms with Crippen molar-refractivity contribution in [2.75, 3.05) is 0 Å². The van der Waals surface area contributed by atoms with Gasteiger partial charge in [-0.05, 0) is 41.7 Å². The first-order chi connectivity index (χ1) is 17.3. The third kappa shape index (κ3) is 8.36. The molecule has 0 saturated heterocycles. The first-order valence-electron chi connectivity index (χ1n) is 12.1. The topological polar surface area (TPSA) is 128 Å². The van der Waals surface area contributed by atoms with Gasteiger partial charge in [0.25, 0.3) is 0 Å². The van der Waals surface area contributed by atoms with Gasteiger partial charge in [0, 0.05) is 31.0 Å². The van der Waals surface area contributed by atoms with E-state index in [0.29, 0.717) is 25.1 Å². The Morgan fingerprint density at radius 2 is 1.50 bits per heavy atom. The Hall–Kier alpha value is -3.97. The predicted molar refractivity (Wildman–Crippen MR) is 142 cm³/mol. The summed E-state index contributed by atoms with van der Waals surface area (Å²) in [5, 5.41) is 23.2. The Bertz CT molecular complexity index is 1150. The van der Waals surface area contributed by atoms with Gasteiger partial charge >= 0.3 is 0 Å². The van der Waals surface area contributed by atoms with Crippen LogP contribution in [0.1, 0.15) is 42.0 Å². The number of nitrogens with one attached hydrogen (secondary N) is 3. The number of amides is 1. The van der Waals surface area contributed by atoms with Crippen LogP contribution >= 0.6 is 0 Å². The van der Waals surface area contributed by atoms with E-state index < -0.39 is 12.0 Å². The second kappa shape index (κ2) is 13.2.